The maximum atomic E-state index is 12.7. The quantitative estimate of drug-likeness (QED) is 0.608. The van der Waals surface area contributed by atoms with Crippen LogP contribution in [-0.2, 0) is 9.53 Å². The summed E-state index contributed by atoms with van der Waals surface area (Å²) in [5.74, 6) is -0.241. The summed E-state index contributed by atoms with van der Waals surface area (Å²) in [6, 6.07) is 6.96. The first kappa shape index (κ1) is 21.3. The summed E-state index contributed by atoms with van der Waals surface area (Å²) >= 11 is 0. The molecule has 0 bridgehead atoms. The largest absolute Gasteiger partial charge is 0.368 e. The SMILES string of the molecule is CCN(CC)CCNC(=O)c1ccc(NC(=O)C2(OC)CCNCC2)cc1. The van der Waals surface area contributed by atoms with E-state index in [2.05, 4.69) is 34.7 Å². The second-order valence-electron chi connectivity index (χ2n) is 6.76. The van der Waals surface area contributed by atoms with Crippen molar-refractivity contribution in [2.24, 2.45) is 0 Å². The van der Waals surface area contributed by atoms with Gasteiger partial charge in [-0.25, -0.2) is 0 Å². The van der Waals surface area contributed by atoms with Crippen molar-refractivity contribution in [3.63, 3.8) is 0 Å². The number of nitrogens with one attached hydrogen (secondary N) is 3. The average Bonchev–Trinajstić information content (AvgIpc) is 2.72. The number of hydrogen-bond acceptors (Lipinski definition) is 5. The van der Waals surface area contributed by atoms with E-state index < -0.39 is 5.60 Å². The van der Waals surface area contributed by atoms with Gasteiger partial charge in [-0.2, -0.15) is 0 Å². The standard InChI is InChI=1S/C20H32N4O3/c1-4-24(5-2)15-14-22-18(25)16-6-8-17(9-7-16)23-19(26)20(27-3)10-12-21-13-11-20/h6-9,21H,4-5,10-15H2,1-3H3,(H,22,25)(H,23,26). The molecule has 0 spiro atoms. The van der Waals surface area contributed by atoms with Crippen molar-refractivity contribution in [1.29, 1.82) is 0 Å². The smallest absolute Gasteiger partial charge is 0.256 e. The fourth-order valence-electron chi connectivity index (χ4n) is 3.27. The van der Waals surface area contributed by atoms with E-state index in [0.29, 0.717) is 30.6 Å². The molecule has 1 fully saturated rings. The highest BCUT2D eigenvalue weighted by Gasteiger charge is 2.39. The summed E-state index contributed by atoms with van der Waals surface area (Å²) in [7, 11) is 1.58. The topological polar surface area (TPSA) is 82.7 Å². The summed E-state index contributed by atoms with van der Waals surface area (Å²) in [6.07, 6.45) is 1.28. The summed E-state index contributed by atoms with van der Waals surface area (Å²) in [6.45, 7) is 9.12. The Labute approximate surface area is 161 Å². The van der Waals surface area contributed by atoms with E-state index in [0.717, 1.165) is 32.7 Å². The van der Waals surface area contributed by atoms with Crippen molar-refractivity contribution >= 4 is 17.5 Å². The van der Waals surface area contributed by atoms with Gasteiger partial charge < -0.3 is 25.6 Å². The summed E-state index contributed by atoms with van der Waals surface area (Å²) < 4.78 is 5.54. The number of carbonyl (C=O) groups excluding carboxylic acids is 2. The van der Waals surface area contributed by atoms with Crippen LogP contribution in [0.2, 0.25) is 0 Å². The maximum absolute atomic E-state index is 12.7. The molecule has 2 rings (SSSR count). The molecule has 7 nitrogen and oxygen atoms in total. The van der Waals surface area contributed by atoms with Crippen LogP contribution in [0.5, 0.6) is 0 Å². The zero-order valence-electron chi connectivity index (χ0n) is 16.6. The predicted molar refractivity (Wildman–Crippen MR) is 107 cm³/mol. The Bertz CT molecular complexity index is 608. The number of piperidine rings is 1. The summed E-state index contributed by atoms with van der Waals surface area (Å²) in [5, 5.41) is 9.08. The van der Waals surface area contributed by atoms with Crippen molar-refractivity contribution in [3.8, 4) is 0 Å². The number of benzene rings is 1. The Morgan fingerprint density at radius 1 is 1.15 bits per heavy atom. The molecular weight excluding hydrogens is 344 g/mol. The van der Waals surface area contributed by atoms with Crippen LogP contribution in [0.4, 0.5) is 5.69 Å². The van der Waals surface area contributed by atoms with Gasteiger partial charge >= 0.3 is 0 Å². The Balaban J connectivity index is 1.88. The van der Waals surface area contributed by atoms with E-state index in [4.69, 9.17) is 4.74 Å². The normalized spacial score (nSPS) is 16.1. The van der Waals surface area contributed by atoms with Crippen LogP contribution in [0.15, 0.2) is 24.3 Å². The lowest BCUT2D eigenvalue weighted by molar-refractivity contribution is -0.140. The number of carbonyl (C=O) groups is 2. The zero-order chi connectivity index (χ0) is 19.7. The van der Waals surface area contributed by atoms with Crippen molar-refractivity contribution in [3.05, 3.63) is 29.8 Å². The molecule has 1 aliphatic rings. The first-order chi connectivity index (χ1) is 13.0. The molecule has 1 saturated heterocycles. The average molecular weight is 377 g/mol. The molecule has 3 N–H and O–H groups in total. The van der Waals surface area contributed by atoms with Gasteiger partial charge in [-0.15, -0.1) is 0 Å². The molecule has 0 aliphatic carbocycles. The molecule has 0 radical (unpaired) electrons. The van der Waals surface area contributed by atoms with Gasteiger partial charge in [0.2, 0.25) is 0 Å². The van der Waals surface area contributed by atoms with E-state index >= 15 is 0 Å². The molecule has 1 aromatic carbocycles. The molecule has 150 valence electrons. The minimum absolute atomic E-state index is 0.105. The third-order valence-electron chi connectivity index (χ3n) is 5.23. The van der Waals surface area contributed by atoms with Crippen molar-refractivity contribution in [2.45, 2.75) is 32.3 Å². The van der Waals surface area contributed by atoms with E-state index in [1.165, 1.54) is 0 Å². The highest BCUT2D eigenvalue weighted by Crippen LogP contribution is 2.24. The minimum atomic E-state index is -0.786. The Kier molecular flexibility index (Phi) is 8.22. The van der Waals surface area contributed by atoms with Gasteiger partial charge in [0.25, 0.3) is 11.8 Å². The molecule has 7 heteroatoms. The third-order valence-corrected chi connectivity index (χ3v) is 5.23. The minimum Gasteiger partial charge on any atom is -0.368 e. The van der Waals surface area contributed by atoms with Gasteiger partial charge in [0.15, 0.2) is 0 Å². The van der Waals surface area contributed by atoms with Crippen LogP contribution in [0.3, 0.4) is 0 Å². The van der Waals surface area contributed by atoms with E-state index in [1.807, 2.05) is 0 Å². The first-order valence-corrected chi connectivity index (χ1v) is 9.72. The molecule has 1 heterocycles. The van der Waals surface area contributed by atoms with Gasteiger partial charge in [-0.1, -0.05) is 13.8 Å². The molecule has 27 heavy (non-hydrogen) atoms. The molecule has 0 unspecified atom stereocenters. The van der Waals surface area contributed by atoms with Crippen LogP contribution in [-0.4, -0.2) is 68.7 Å². The van der Waals surface area contributed by atoms with E-state index in [9.17, 15) is 9.59 Å². The van der Waals surface area contributed by atoms with Gasteiger partial charge in [0.05, 0.1) is 0 Å². The molecule has 0 saturated carbocycles. The Morgan fingerprint density at radius 3 is 2.33 bits per heavy atom. The molecule has 2 amide bonds. The monoisotopic (exact) mass is 376 g/mol. The van der Waals surface area contributed by atoms with Gasteiger partial charge in [0.1, 0.15) is 5.60 Å². The number of anilines is 1. The van der Waals surface area contributed by atoms with Crippen molar-refractivity contribution in [2.75, 3.05) is 51.7 Å². The lowest BCUT2D eigenvalue weighted by Crippen LogP contribution is -2.51. The van der Waals surface area contributed by atoms with Gasteiger partial charge in [-0.05, 0) is 63.3 Å². The second-order valence-corrected chi connectivity index (χ2v) is 6.76. The van der Waals surface area contributed by atoms with E-state index in [1.54, 1.807) is 31.4 Å². The Hall–Kier alpha value is -1.96. The van der Waals surface area contributed by atoms with Crippen LogP contribution >= 0.6 is 0 Å². The number of ether oxygens (including phenoxy) is 1. The zero-order valence-corrected chi connectivity index (χ0v) is 16.6. The van der Waals surface area contributed by atoms with Crippen molar-refractivity contribution < 1.29 is 14.3 Å². The van der Waals surface area contributed by atoms with E-state index in [-0.39, 0.29) is 11.8 Å². The molecule has 1 aliphatic heterocycles. The Morgan fingerprint density at radius 2 is 1.78 bits per heavy atom. The van der Waals surface area contributed by atoms with Crippen LogP contribution in [0.1, 0.15) is 37.0 Å². The van der Waals surface area contributed by atoms with Crippen LogP contribution in [0, 0.1) is 0 Å². The van der Waals surface area contributed by atoms with Crippen LogP contribution in [0.25, 0.3) is 0 Å². The predicted octanol–water partition coefficient (Wildman–Crippen LogP) is 1.47. The van der Waals surface area contributed by atoms with Gasteiger partial charge in [-0.3, -0.25) is 9.59 Å². The highest BCUT2D eigenvalue weighted by atomic mass is 16.5. The number of hydrogen-bond donors (Lipinski definition) is 3. The van der Waals surface area contributed by atoms with Crippen LogP contribution < -0.4 is 16.0 Å². The fourth-order valence-corrected chi connectivity index (χ4v) is 3.27. The molecular formula is C20H32N4O3. The highest BCUT2D eigenvalue weighted by molar-refractivity contribution is 5.98. The summed E-state index contributed by atoms with van der Waals surface area (Å²) in [5.41, 5.74) is 0.455. The number of nitrogens with zero attached hydrogens (tertiary/aromatic N) is 1. The number of rotatable bonds is 9. The third kappa shape index (κ3) is 5.76. The summed E-state index contributed by atoms with van der Waals surface area (Å²) in [4.78, 5) is 27.1. The first-order valence-electron chi connectivity index (χ1n) is 9.72. The lowest BCUT2D eigenvalue weighted by Gasteiger charge is -2.34. The molecule has 0 aromatic heterocycles. The van der Waals surface area contributed by atoms with Gasteiger partial charge in [0, 0.05) is 31.5 Å². The number of amides is 2. The molecule has 0 atom stereocenters. The van der Waals surface area contributed by atoms with Crippen molar-refractivity contribution in [1.82, 2.24) is 15.5 Å². The number of methoxy groups -OCH3 is 1. The second kappa shape index (κ2) is 10.4. The molecule has 1 aromatic rings. The number of likely N-dealkylation sites (N-methyl/N-ethyl adjacent to an activating group) is 1. The lowest BCUT2D eigenvalue weighted by atomic mass is 9.91. The maximum Gasteiger partial charge on any atom is 0.256 e. The fraction of sp³-hybridized carbons (Fsp3) is 0.600.